The van der Waals surface area contributed by atoms with Crippen LogP contribution in [-0.2, 0) is 9.84 Å². The summed E-state index contributed by atoms with van der Waals surface area (Å²) >= 11 is 0. The van der Waals surface area contributed by atoms with E-state index in [1.165, 1.54) is 0 Å². The fourth-order valence-electron chi connectivity index (χ4n) is 2.61. The first-order chi connectivity index (χ1) is 9.03. The van der Waals surface area contributed by atoms with Gasteiger partial charge in [0.05, 0.1) is 11.5 Å². The van der Waals surface area contributed by atoms with Crippen LogP contribution < -0.4 is 14.8 Å². The molecule has 1 fully saturated rings. The average molecular weight is 283 g/mol. The van der Waals surface area contributed by atoms with Gasteiger partial charge in [-0.25, -0.2) is 8.42 Å². The van der Waals surface area contributed by atoms with E-state index < -0.39 is 9.84 Å². The van der Waals surface area contributed by atoms with Crippen molar-refractivity contribution >= 4 is 9.84 Å². The molecule has 0 bridgehead atoms. The SMILES string of the molecule is CC1CS(=O)(=O)CC(c2ccc3c(c2)OCCO3)N1. The maximum absolute atomic E-state index is 11.8. The number of nitrogens with one attached hydrogen (secondary N) is 1. The summed E-state index contributed by atoms with van der Waals surface area (Å²) in [4.78, 5) is 0. The van der Waals surface area contributed by atoms with Crippen molar-refractivity contribution in [2.45, 2.75) is 19.0 Å². The van der Waals surface area contributed by atoms with Crippen molar-refractivity contribution in [2.75, 3.05) is 24.7 Å². The van der Waals surface area contributed by atoms with Crippen LogP contribution in [0.3, 0.4) is 0 Å². The molecule has 6 heteroatoms. The van der Waals surface area contributed by atoms with E-state index in [0.717, 1.165) is 11.3 Å². The van der Waals surface area contributed by atoms with Gasteiger partial charge in [0.25, 0.3) is 0 Å². The van der Waals surface area contributed by atoms with Gasteiger partial charge in [0.1, 0.15) is 13.2 Å². The van der Waals surface area contributed by atoms with Crippen molar-refractivity contribution in [3.05, 3.63) is 23.8 Å². The summed E-state index contributed by atoms with van der Waals surface area (Å²) in [6.07, 6.45) is 0. The normalized spacial score (nSPS) is 28.9. The van der Waals surface area contributed by atoms with Gasteiger partial charge in [0, 0.05) is 12.1 Å². The Kier molecular flexibility index (Phi) is 3.14. The minimum absolute atomic E-state index is 0.0306. The second kappa shape index (κ2) is 4.68. The Balaban J connectivity index is 1.89. The Hall–Kier alpha value is -1.27. The second-order valence-corrected chi connectivity index (χ2v) is 7.25. The lowest BCUT2D eigenvalue weighted by atomic mass is 10.1. The highest BCUT2D eigenvalue weighted by atomic mass is 32.2. The molecule has 19 heavy (non-hydrogen) atoms. The van der Waals surface area contributed by atoms with Crippen LogP contribution >= 0.6 is 0 Å². The van der Waals surface area contributed by atoms with Gasteiger partial charge in [-0.1, -0.05) is 6.07 Å². The summed E-state index contributed by atoms with van der Waals surface area (Å²) in [6, 6.07) is 5.41. The van der Waals surface area contributed by atoms with Crippen LogP contribution in [0.1, 0.15) is 18.5 Å². The van der Waals surface area contributed by atoms with E-state index in [1.54, 1.807) is 0 Å². The number of hydrogen-bond donors (Lipinski definition) is 1. The highest BCUT2D eigenvalue weighted by Crippen LogP contribution is 2.33. The molecule has 2 heterocycles. The highest BCUT2D eigenvalue weighted by Gasteiger charge is 2.30. The summed E-state index contributed by atoms with van der Waals surface area (Å²) in [5.41, 5.74) is 0.930. The van der Waals surface area contributed by atoms with Gasteiger partial charge in [0.2, 0.25) is 0 Å². The molecule has 1 saturated heterocycles. The molecule has 2 unspecified atom stereocenters. The first-order valence-corrected chi connectivity index (χ1v) is 8.22. The zero-order chi connectivity index (χ0) is 13.5. The summed E-state index contributed by atoms with van der Waals surface area (Å²) in [7, 11) is -2.99. The zero-order valence-corrected chi connectivity index (χ0v) is 11.6. The lowest BCUT2D eigenvalue weighted by Crippen LogP contribution is -2.45. The van der Waals surface area contributed by atoms with Gasteiger partial charge >= 0.3 is 0 Å². The molecule has 0 aromatic heterocycles. The van der Waals surface area contributed by atoms with Crippen LogP contribution in [0.5, 0.6) is 11.5 Å². The molecule has 104 valence electrons. The van der Waals surface area contributed by atoms with Gasteiger partial charge < -0.3 is 14.8 Å². The number of rotatable bonds is 1. The van der Waals surface area contributed by atoms with Gasteiger partial charge in [0.15, 0.2) is 21.3 Å². The summed E-state index contributed by atoms with van der Waals surface area (Å²) < 4.78 is 34.7. The largest absolute Gasteiger partial charge is 0.486 e. The topological polar surface area (TPSA) is 64.6 Å². The first kappa shape index (κ1) is 12.7. The number of sulfone groups is 1. The van der Waals surface area contributed by atoms with Crippen molar-refractivity contribution in [1.82, 2.24) is 5.32 Å². The molecule has 2 atom stereocenters. The van der Waals surface area contributed by atoms with Crippen LogP contribution in [-0.4, -0.2) is 39.2 Å². The predicted octanol–water partition coefficient (Wildman–Crippen LogP) is 0.905. The molecule has 0 radical (unpaired) electrons. The smallest absolute Gasteiger partial charge is 0.161 e. The number of hydrogen-bond acceptors (Lipinski definition) is 5. The quantitative estimate of drug-likeness (QED) is 0.830. The molecule has 1 aromatic carbocycles. The maximum atomic E-state index is 11.8. The standard InChI is InChI=1S/C13H17NO4S/c1-9-7-19(15,16)8-11(14-9)10-2-3-12-13(6-10)18-5-4-17-12/h2-3,6,9,11,14H,4-5,7-8H2,1H3. The Labute approximate surface area is 112 Å². The van der Waals surface area contributed by atoms with Crippen LogP contribution in [0.4, 0.5) is 0 Å². The lowest BCUT2D eigenvalue weighted by Gasteiger charge is -2.29. The first-order valence-electron chi connectivity index (χ1n) is 6.39. The molecule has 1 aromatic rings. The van der Waals surface area contributed by atoms with Crippen LogP contribution in [0, 0.1) is 0 Å². The molecule has 2 aliphatic rings. The van der Waals surface area contributed by atoms with Crippen LogP contribution in [0.15, 0.2) is 18.2 Å². The molecular weight excluding hydrogens is 266 g/mol. The maximum Gasteiger partial charge on any atom is 0.161 e. The number of fused-ring (bicyclic) bond motifs is 1. The van der Waals surface area contributed by atoms with E-state index in [-0.39, 0.29) is 23.6 Å². The Morgan fingerprint density at radius 1 is 1.16 bits per heavy atom. The van der Waals surface area contributed by atoms with E-state index in [2.05, 4.69) is 5.32 Å². The summed E-state index contributed by atoms with van der Waals surface area (Å²) in [5.74, 6) is 1.76. The third-order valence-corrected chi connectivity index (χ3v) is 5.23. The molecular formula is C13H17NO4S. The van der Waals surface area contributed by atoms with E-state index >= 15 is 0 Å². The molecule has 3 rings (SSSR count). The fourth-order valence-corrected chi connectivity index (χ4v) is 4.40. The van der Waals surface area contributed by atoms with Crippen molar-refractivity contribution in [2.24, 2.45) is 0 Å². The zero-order valence-electron chi connectivity index (χ0n) is 10.8. The number of benzene rings is 1. The molecule has 5 nitrogen and oxygen atoms in total. The van der Waals surface area contributed by atoms with Crippen molar-refractivity contribution < 1.29 is 17.9 Å². The van der Waals surface area contributed by atoms with E-state index in [4.69, 9.17) is 9.47 Å². The monoisotopic (exact) mass is 283 g/mol. The molecule has 0 saturated carbocycles. The van der Waals surface area contributed by atoms with E-state index in [9.17, 15) is 8.42 Å². The Bertz CT molecular complexity index is 584. The minimum Gasteiger partial charge on any atom is -0.486 e. The van der Waals surface area contributed by atoms with Gasteiger partial charge in [-0.3, -0.25) is 0 Å². The fraction of sp³-hybridized carbons (Fsp3) is 0.538. The third-order valence-electron chi connectivity index (χ3n) is 3.38. The number of ether oxygens (including phenoxy) is 2. The molecule has 0 amide bonds. The minimum atomic E-state index is -2.99. The summed E-state index contributed by atoms with van der Waals surface area (Å²) in [5, 5.41) is 3.32. The van der Waals surface area contributed by atoms with E-state index in [0.29, 0.717) is 19.0 Å². The Morgan fingerprint density at radius 3 is 2.63 bits per heavy atom. The molecule has 1 N–H and O–H groups in total. The molecule has 2 aliphatic heterocycles. The van der Waals surface area contributed by atoms with Gasteiger partial charge in [-0.05, 0) is 24.6 Å². The van der Waals surface area contributed by atoms with Crippen LogP contribution in [0.25, 0.3) is 0 Å². The molecule has 0 spiro atoms. The van der Waals surface area contributed by atoms with E-state index in [1.807, 2.05) is 25.1 Å². The second-order valence-electron chi connectivity index (χ2n) is 5.10. The molecule has 0 aliphatic carbocycles. The lowest BCUT2D eigenvalue weighted by molar-refractivity contribution is 0.171. The summed E-state index contributed by atoms with van der Waals surface area (Å²) in [6.45, 7) is 2.98. The Morgan fingerprint density at radius 2 is 1.89 bits per heavy atom. The van der Waals surface area contributed by atoms with Crippen LogP contribution in [0.2, 0.25) is 0 Å². The highest BCUT2D eigenvalue weighted by molar-refractivity contribution is 7.91. The average Bonchev–Trinajstić information content (AvgIpc) is 2.36. The van der Waals surface area contributed by atoms with Crippen molar-refractivity contribution in [3.8, 4) is 11.5 Å². The predicted molar refractivity (Wildman–Crippen MR) is 71.4 cm³/mol. The van der Waals surface area contributed by atoms with Crippen molar-refractivity contribution in [1.29, 1.82) is 0 Å². The van der Waals surface area contributed by atoms with Crippen molar-refractivity contribution in [3.63, 3.8) is 0 Å². The van der Waals surface area contributed by atoms with Gasteiger partial charge in [-0.2, -0.15) is 0 Å². The van der Waals surface area contributed by atoms with Gasteiger partial charge in [-0.15, -0.1) is 0 Å². The third kappa shape index (κ3) is 2.69.